The summed E-state index contributed by atoms with van der Waals surface area (Å²) in [4.78, 5) is 25.6. The van der Waals surface area contributed by atoms with Crippen LogP contribution in [0.1, 0.15) is 23.7 Å². The first-order chi connectivity index (χ1) is 11.2. The van der Waals surface area contributed by atoms with E-state index in [1.54, 1.807) is 18.3 Å². The van der Waals surface area contributed by atoms with Crippen molar-refractivity contribution in [2.45, 2.75) is 13.3 Å². The van der Waals surface area contributed by atoms with Crippen LogP contribution >= 0.6 is 22.7 Å². The fraction of sp³-hybridized carbons (Fsp3) is 0.375. The average Bonchev–Trinajstić information content (AvgIpc) is 3.28. The predicted octanol–water partition coefficient (Wildman–Crippen LogP) is 3.63. The molecule has 3 heterocycles. The lowest BCUT2D eigenvalue weighted by Gasteiger charge is -2.10. The van der Waals surface area contributed by atoms with Crippen LogP contribution in [0.5, 0.6) is 0 Å². The second-order valence-corrected chi connectivity index (χ2v) is 6.93. The first kappa shape index (κ1) is 16.2. The number of rotatable bonds is 5. The maximum absolute atomic E-state index is 12.4. The number of anilines is 1. The maximum Gasteiger partial charge on any atom is 0.341 e. The van der Waals surface area contributed by atoms with Gasteiger partial charge < -0.3 is 14.8 Å². The van der Waals surface area contributed by atoms with Gasteiger partial charge in [0, 0.05) is 22.4 Å². The van der Waals surface area contributed by atoms with Crippen LogP contribution in [0.2, 0.25) is 0 Å². The fourth-order valence-electron chi connectivity index (χ4n) is 2.42. The SMILES string of the molecule is CCOC(=O)c1c(-c2cccs2)csc1NC(=O)C1CCOC1. The third-order valence-electron chi connectivity index (χ3n) is 3.59. The number of hydrogen-bond donors (Lipinski definition) is 1. The van der Waals surface area contributed by atoms with Crippen LogP contribution in [0.3, 0.4) is 0 Å². The Kier molecular flexibility index (Phi) is 5.09. The molecule has 1 unspecified atom stereocenters. The highest BCUT2D eigenvalue weighted by molar-refractivity contribution is 7.17. The van der Waals surface area contributed by atoms with Crippen molar-refractivity contribution in [3.05, 3.63) is 28.5 Å². The number of ether oxygens (including phenoxy) is 2. The molecule has 0 bridgehead atoms. The van der Waals surface area contributed by atoms with E-state index in [0.717, 1.165) is 10.4 Å². The summed E-state index contributed by atoms with van der Waals surface area (Å²) in [7, 11) is 0. The monoisotopic (exact) mass is 351 g/mol. The fourth-order valence-corrected chi connectivity index (χ4v) is 4.20. The summed E-state index contributed by atoms with van der Waals surface area (Å²) in [6, 6.07) is 3.88. The van der Waals surface area contributed by atoms with E-state index < -0.39 is 5.97 Å². The van der Waals surface area contributed by atoms with E-state index in [1.807, 2.05) is 22.9 Å². The largest absolute Gasteiger partial charge is 0.462 e. The minimum atomic E-state index is -0.407. The summed E-state index contributed by atoms with van der Waals surface area (Å²) in [6.45, 7) is 3.10. The van der Waals surface area contributed by atoms with Crippen molar-refractivity contribution in [2.24, 2.45) is 5.92 Å². The number of nitrogens with one attached hydrogen (secondary N) is 1. The number of carbonyl (C=O) groups excluding carboxylic acids is 2. The van der Waals surface area contributed by atoms with Gasteiger partial charge >= 0.3 is 5.97 Å². The summed E-state index contributed by atoms with van der Waals surface area (Å²) in [6.07, 6.45) is 0.712. The number of amides is 1. The second kappa shape index (κ2) is 7.25. The van der Waals surface area contributed by atoms with Crippen molar-refractivity contribution < 1.29 is 19.1 Å². The molecule has 0 aromatic carbocycles. The molecule has 7 heteroatoms. The second-order valence-electron chi connectivity index (χ2n) is 5.10. The molecule has 0 spiro atoms. The molecule has 23 heavy (non-hydrogen) atoms. The van der Waals surface area contributed by atoms with Gasteiger partial charge in [0.15, 0.2) is 0 Å². The zero-order valence-electron chi connectivity index (χ0n) is 12.7. The summed E-state index contributed by atoms with van der Waals surface area (Å²) in [5, 5.41) is 7.26. The standard InChI is InChI=1S/C16H17NO4S2/c1-2-21-16(19)13-11(12-4-3-7-22-12)9-23-15(13)17-14(18)10-5-6-20-8-10/h3-4,7,9-10H,2,5-6,8H2,1H3,(H,17,18). The summed E-state index contributed by atoms with van der Waals surface area (Å²) in [5.74, 6) is -0.667. The molecule has 2 aromatic rings. The van der Waals surface area contributed by atoms with Crippen molar-refractivity contribution in [2.75, 3.05) is 25.1 Å². The Morgan fingerprint density at radius 3 is 2.96 bits per heavy atom. The molecule has 0 saturated carbocycles. The van der Waals surface area contributed by atoms with Gasteiger partial charge in [-0.15, -0.1) is 22.7 Å². The highest BCUT2D eigenvalue weighted by Gasteiger charge is 2.27. The Morgan fingerprint density at radius 2 is 2.30 bits per heavy atom. The van der Waals surface area contributed by atoms with E-state index in [2.05, 4.69) is 5.32 Å². The van der Waals surface area contributed by atoms with Crippen molar-refractivity contribution in [1.29, 1.82) is 0 Å². The molecule has 2 aromatic heterocycles. The number of hydrogen-bond acceptors (Lipinski definition) is 6. The highest BCUT2D eigenvalue weighted by Crippen LogP contribution is 2.38. The van der Waals surface area contributed by atoms with Gasteiger partial charge in [-0.2, -0.15) is 0 Å². The van der Waals surface area contributed by atoms with Gasteiger partial charge in [0.25, 0.3) is 0 Å². The third kappa shape index (κ3) is 3.46. The van der Waals surface area contributed by atoms with E-state index in [4.69, 9.17) is 9.47 Å². The molecule has 0 radical (unpaired) electrons. The lowest BCUT2D eigenvalue weighted by Crippen LogP contribution is -2.23. The molecule has 122 valence electrons. The maximum atomic E-state index is 12.4. The molecular formula is C16H17NO4S2. The molecule has 1 amide bonds. The molecule has 1 fully saturated rings. The Morgan fingerprint density at radius 1 is 1.43 bits per heavy atom. The van der Waals surface area contributed by atoms with Crippen LogP contribution in [0.15, 0.2) is 22.9 Å². The van der Waals surface area contributed by atoms with Crippen LogP contribution in [0, 0.1) is 5.92 Å². The Hall–Kier alpha value is -1.70. The molecular weight excluding hydrogens is 334 g/mol. The van der Waals surface area contributed by atoms with Crippen molar-refractivity contribution in [3.8, 4) is 10.4 Å². The van der Waals surface area contributed by atoms with Crippen LogP contribution in [-0.2, 0) is 14.3 Å². The summed E-state index contributed by atoms with van der Waals surface area (Å²) < 4.78 is 10.4. The van der Waals surface area contributed by atoms with Gasteiger partial charge in [-0.3, -0.25) is 4.79 Å². The third-order valence-corrected chi connectivity index (χ3v) is 5.39. The van der Waals surface area contributed by atoms with E-state index in [1.165, 1.54) is 11.3 Å². The van der Waals surface area contributed by atoms with Gasteiger partial charge in [0.2, 0.25) is 5.91 Å². The van der Waals surface area contributed by atoms with E-state index >= 15 is 0 Å². The first-order valence-electron chi connectivity index (χ1n) is 7.41. The molecule has 3 rings (SSSR count). The Balaban J connectivity index is 1.90. The van der Waals surface area contributed by atoms with E-state index in [9.17, 15) is 9.59 Å². The van der Waals surface area contributed by atoms with Gasteiger partial charge in [-0.1, -0.05) is 6.07 Å². The number of thiophene rings is 2. The number of carbonyl (C=O) groups is 2. The topological polar surface area (TPSA) is 64.6 Å². The average molecular weight is 351 g/mol. The lowest BCUT2D eigenvalue weighted by atomic mass is 10.1. The van der Waals surface area contributed by atoms with Crippen molar-refractivity contribution in [3.63, 3.8) is 0 Å². The quantitative estimate of drug-likeness (QED) is 0.836. The van der Waals surface area contributed by atoms with Gasteiger partial charge in [0.05, 0.1) is 19.1 Å². The smallest absolute Gasteiger partial charge is 0.341 e. The zero-order valence-corrected chi connectivity index (χ0v) is 14.3. The van der Waals surface area contributed by atoms with Crippen LogP contribution in [0.4, 0.5) is 5.00 Å². The molecule has 5 nitrogen and oxygen atoms in total. The molecule has 0 aliphatic carbocycles. The molecule has 1 aliphatic heterocycles. The normalized spacial score (nSPS) is 17.2. The minimum Gasteiger partial charge on any atom is -0.462 e. The number of esters is 1. The van der Waals surface area contributed by atoms with Crippen LogP contribution < -0.4 is 5.32 Å². The van der Waals surface area contributed by atoms with Crippen molar-refractivity contribution >= 4 is 39.6 Å². The molecule has 1 atom stereocenters. The first-order valence-corrected chi connectivity index (χ1v) is 9.17. The van der Waals surface area contributed by atoms with Gasteiger partial charge in [-0.25, -0.2) is 4.79 Å². The summed E-state index contributed by atoms with van der Waals surface area (Å²) in [5.41, 5.74) is 1.24. The molecule has 1 aliphatic rings. The molecule has 1 N–H and O–H groups in total. The van der Waals surface area contributed by atoms with E-state index in [0.29, 0.717) is 36.8 Å². The van der Waals surface area contributed by atoms with Gasteiger partial charge in [0.1, 0.15) is 10.6 Å². The summed E-state index contributed by atoms with van der Waals surface area (Å²) >= 11 is 2.90. The molecule has 1 saturated heterocycles. The highest BCUT2D eigenvalue weighted by atomic mass is 32.1. The zero-order chi connectivity index (χ0) is 16.2. The lowest BCUT2D eigenvalue weighted by molar-refractivity contribution is -0.119. The van der Waals surface area contributed by atoms with Crippen LogP contribution in [0.25, 0.3) is 10.4 Å². The van der Waals surface area contributed by atoms with Crippen molar-refractivity contribution in [1.82, 2.24) is 0 Å². The Labute approximate surface area is 142 Å². The Bertz CT molecular complexity index is 687. The van der Waals surface area contributed by atoms with Crippen LogP contribution in [-0.4, -0.2) is 31.7 Å². The predicted molar refractivity (Wildman–Crippen MR) is 91.1 cm³/mol. The minimum absolute atomic E-state index is 0.104. The van der Waals surface area contributed by atoms with E-state index in [-0.39, 0.29) is 11.8 Å². The van der Waals surface area contributed by atoms with Gasteiger partial charge in [-0.05, 0) is 24.8 Å².